The molecule has 2 aromatic heterocycles. The largest absolute Gasteiger partial charge is 0.481 e. The van der Waals surface area contributed by atoms with Crippen LogP contribution in [0.15, 0.2) is 27.8 Å². The van der Waals surface area contributed by atoms with Crippen LogP contribution in [0.1, 0.15) is 12.2 Å². The van der Waals surface area contributed by atoms with Gasteiger partial charge in [-0.1, -0.05) is 6.07 Å². The van der Waals surface area contributed by atoms with Crippen molar-refractivity contribution in [1.29, 1.82) is 0 Å². The number of aromatic amines is 1. The summed E-state index contributed by atoms with van der Waals surface area (Å²) >= 11 is 0. The van der Waals surface area contributed by atoms with Crippen LogP contribution in [0.3, 0.4) is 0 Å². The monoisotopic (exact) mass is 259 g/mol. The Morgan fingerprint density at radius 2 is 2.16 bits per heavy atom. The second-order valence-electron chi connectivity index (χ2n) is 4.19. The Hall–Kier alpha value is -2.70. The maximum Gasteiger partial charge on any atom is 0.322 e. The number of benzene rings is 1. The lowest BCUT2D eigenvalue weighted by molar-refractivity contribution is -0.137. The average Bonchev–Trinajstić information content (AvgIpc) is 2.74. The second kappa shape index (κ2) is 3.91. The number of hydrogen-bond acceptors (Lipinski definition) is 4. The number of nitrogens with one attached hydrogen (secondary N) is 1. The standard InChI is InChI=1S/C12H9N3O4/c16-9(17)5-4-8-13-6-2-1-3-7-10(6)15(8)12(19)11(18)14-7/h1-3H,4-5H2,(H,14,18)(H,16,17). The molecule has 0 fully saturated rings. The Morgan fingerprint density at radius 1 is 1.37 bits per heavy atom. The third-order valence-electron chi connectivity index (χ3n) is 2.95. The fraction of sp³-hybridized carbons (Fsp3) is 0.167. The van der Waals surface area contributed by atoms with E-state index in [1.165, 1.54) is 4.40 Å². The normalized spacial score (nSPS) is 11.4. The number of carboxylic acid groups (broad SMARTS) is 1. The van der Waals surface area contributed by atoms with E-state index in [1.807, 2.05) is 0 Å². The van der Waals surface area contributed by atoms with E-state index in [4.69, 9.17) is 5.11 Å². The van der Waals surface area contributed by atoms with Gasteiger partial charge in [0.05, 0.1) is 23.0 Å². The molecular formula is C12H9N3O4. The van der Waals surface area contributed by atoms with Gasteiger partial charge in [-0.05, 0) is 12.1 Å². The van der Waals surface area contributed by atoms with Crippen LogP contribution in [-0.2, 0) is 11.2 Å². The smallest absolute Gasteiger partial charge is 0.322 e. The number of imidazole rings is 1. The summed E-state index contributed by atoms with van der Waals surface area (Å²) in [4.78, 5) is 40.8. The van der Waals surface area contributed by atoms with Crippen molar-refractivity contribution in [2.24, 2.45) is 0 Å². The molecule has 0 bridgehead atoms. The minimum absolute atomic E-state index is 0.0997. The van der Waals surface area contributed by atoms with E-state index in [0.717, 1.165) is 0 Å². The molecule has 0 saturated heterocycles. The molecule has 0 aliphatic rings. The molecule has 2 N–H and O–H groups in total. The van der Waals surface area contributed by atoms with Crippen LogP contribution in [0, 0.1) is 0 Å². The molecule has 0 radical (unpaired) electrons. The quantitative estimate of drug-likeness (QED) is 0.644. The van der Waals surface area contributed by atoms with E-state index in [2.05, 4.69) is 9.97 Å². The van der Waals surface area contributed by atoms with Crippen LogP contribution < -0.4 is 11.1 Å². The highest BCUT2D eigenvalue weighted by atomic mass is 16.4. The highest BCUT2D eigenvalue weighted by Gasteiger charge is 2.15. The van der Waals surface area contributed by atoms with Crippen LogP contribution in [0.4, 0.5) is 0 Å². The maximum absolute atomic E-state index is 11.9. The van der Waals surface area contributed by atoms with E-state index >= 15 is 0 Å². The molecule has 0 aliphatic carbocycles. The summed E-state index contributed by atoms with van der Waals surface area (Å²) < 4.78 is 1.20. The molecule has 3 aromatic rings. The first-order valence-corrected chi connectivity index (χ1v) is 5.66. The summed E-state index contributed by atoms with van der Waals surface area (Å²) in [6.07, 6.45) is -0.0456. The predicted octanol–water partition coefficient (Wildman–Crippen LogP) is -0.00900. The van der Waals surface area contributed by atoms with Crippen molar-refractivity contribution < 1.29 is 9.90 Å². The first-order chi connectivity index (χ1) is 9.08. The zero-order valence-electron chi connectivity index (χ0n) is 9.71. The van der Waals surface area contributed by atoms with Gasteiger partial charge in [0.1, 0.15) is 5.82 Å². The van der Waals surface area contributed by atoms with E-state index in [-0.39, 0.29) is 12.8 Å². The van der Waals surface area contributed by atoms with E-state index in [9.17, 15) is 14.4 Å². The SMILES string of the molecule is O=C(O)CCc1nc2cccc3[nH]c(=O)c(=O)n1c23. The zero-order valence-corrected chi connectivity index (χ0v) is 9.71. The fourth-order valence-corrected chi connectivity index (χ4v) is 2.16. The third kappa shape index (κ3) is 1.67. The molecule has 0 spiro atoms. The van der Waals surface area contributed by atoms with Crippen molar-refractivity contribution in [3.05, 3.63) is 44.7 Å². The first-order valence-electron chi connectivity index (χ1n) is 5.66. The molecule has 0 saturated carbocycles. The van der Waals surface area contributed by atoms with Crippen molar-refractivity contribution in [3.8, 4) is 0 Å². The molecule has 1 aromatic carbocycles. The van der Waals surface area contributed by atoms with Crippen molar-refractivity contribution in [2.75, 3.05) is 0 Å². The summed E-state index contributed by atoms with van der Waals surface area (Å²) in [7, 11) is 0. The topological polar surface area (TPSA) is 105 Å². The minimum atomic E-state index is -0.979. The molecule has 0 amide bonds. The van der Waals surface area contributed by atoms with Crippen LogP contribution in [0.25, 0.3) is 16.6 Å². The molecule has 3 rings (SSSR count). The molecule has 2 heterocycles. The summed E-state index contributed by atoms with van der Waals surface area (Å²) in [6.45, 7) is 0. The number of aryl methyl sites for hydroxylation is 1. The lowest BCUT2D eigenvalue weighted by Crippen LogP contribution is -2.33. The van der Waals surface area contributed by atoms with Gasteiger partial charge in [-0.25, -0.2) is 4.98 Å². The number of rotatable bonds is 3. The maximum atomic E-state index is 11.9. The van der Waals surface area contributed by atoms with Crippen LogP contribution in [0.2, 0.25) is 0 Å². The van der Waals surface area contributed by atoms with Crippen molar-refractivity contribution >= 4 is 22.5 Å². The highest BCUT2D eigenvalue weighted by Crippen LogP contribution is 2.18. The number of carbonyl (C=O) groups is 1. The van der Waals surface area contributed by atoms with Crippen molar-refractivity contribution in [2.45, 2.75) is 12.8 Å². The van der Waals surface area contributed by atoms with Gasteiger partial charge in [-0.2, -0.15) is 0 Å². The Balaban J connectivity index is 2.37. The van der Waals surface area contributed by atoms with Crippen LogP contribution in [0.5, 0.6) is 0 Å². The lowest BCUT2D eigenvalue weighted by Gasteiger charge is -1.99. The van der Waals surface area contributed by atoms with Crippen molar-refractivity contribution in [1.82, 2.24) is 14.4 Å². The Kier molecular flexibility index (Phi) is 2.34. The van der Waals surface area contributed by atoms with Gasteiger partial charge in [0.25, 0.3) is 0 Å². The Labute approximate surface area is 105 Å². The molecule has 19 heavy (non-hydrogen) atoms. The molecule has 7 heteroatoms. The zero-order chi connectivity index (χ0) is 13.6. The van der Waals surface area contributed by atoms with Gasteiger partial charge in [-0.15, -0.1) is 0 Å². The molecule has 0 unspecified atom stereocenters. The molecule has 0 atom stereocenters. The Morgan fingerprint density at radius 3 is 2.89 bits per heavy atom. The number of hydrogen-bond donors (Lipinski definition) is 2. The second-order valence-corrected chi connectivity index (χ2v) is 4.19. The van der Waals surface area contributed by atoms with Crippen LogP contribution >= 0.6 is 0 Å². The van der Waals surface area contributed by atoms with Crippen LogP contribution in [-0.4, -0.2) is 25.4 Å². The summed E-state index contributed by atoms with van der Waals surface area (Å²) in [5.41, 5.74) is 0.117. The van der Waals surface area contributed by atoms with Gasteiger partial charge in [-0.3, -0.25) is 18.8 Å². The van der Waals surface area contributed by atoms with Gasteiger partial charge >= 0.3 is 17.1 Å². The summed E-state index contributed by atoms with van der Waals surface area (Å²) in [6, 6.07) is 5.10. The Bertz CT molecular complexity index is 893. The number of aromatic nitrogens is 3. The van der Waals surface area contributed by atoms with Gasteiger partial charge in [0.2, 0.25) is 0 Å². The number of carboxylic acids is 1. The number of H-pyrrole nitrogens is 1. The number of nitrogens with zero attached hydrogens (tertiary/aromatic N) is 2. The summed E-state index contributed by atoms with van der Waals surface area (Å²) in [5, 5.41) is 8.70. The number of para-hydroxylation sites is 1. The fourth-order valence-electron chi connectivity index (χ4n) is 2.16. The third-order valence-corrected chi connectivity index (χ3v) is 2.95. The molecule has 7 nitrogen and oxygen atoms in total. The van der Waals surface area contributed by atoms with E-state index in [1.54, 1.807) is 18.2 Å². The van der Waals surface area contributed by atoms with Gasteiger partial charge < -0.3 is 10.1 Å². The summed E-state index contributed by atoms with van der Waals surface area (Å²) in [5.74, 6) is -0.683. The molecular weight excluding hydrogens is 250 g/mol. The van der Waals surface area contributed by atoms with Gasteiger partial charge in [0, 0.05) is 6.42 Å². The average molecular weight is 259 g/mol. The lowest BCUT2D eigenvalue weighted by atomic mass is 10.3. The van der Waals surface area contributed by atoms with Crippen molar-refractivity contribution in [3.63, 3.8) is 0 Å². The molecule has 0 aliphatic heterocycles. The number of aliphatic carboxylic acids is 1. The van der Waals surface area contributed by atoms with Gasteiger partial charge in [0.15, 0.2) is 0 Å². The molecule has 96 valence electrons. The predicted molar refractivity (Wildman–Crippen MR) is 66.7 cm³/mol. The first kappa shape index (κ1) is 11.4. The van der Waals surface area contributed by atoms with E-state index < -0.39 is 17.1 Å². The minimum Gasteiger partial charge on any atom is -0.481 e. The highest BCUT2D eigenvalue weighted by molar-refractivity contribution is 5.91. The van der Waals surface area contributed by atoms with E-state index in [0.29, 0.717) is 22.4 Å².